The van der Waals surface area contributed by atoms with Crippen molar-refractivity contribution in [2.75, 3.05) is 11.5 Å². The number of rotatable bonds is 4. The van der Waals surface area contributed by atoms with Crippen molar-refractivity contribution in [1.29, 1.82) is 0 Å². The highest BCUT2D eigenvalue weighted by atomic mass is 35.5. The summed E-state index contributed by atoms with van der Waals surface area (Å²) in [6.45, 7) is 2.71. The first-order chi connectivity index (χ1) is 11.9. The van der Waals surface area contributed by atoms with Crippen LogP contribution in [0.25, 0.3) is 11.0 Å². The van der Waals surface area contributed by atoms with Gasteiger partial charge in [-0.15, -0.1) is 0 Å². The molecule has 0 spiro atoms. The van der Waals surface area contributed by atoms with Crippen LogP contribution in [-0.4, -0.2) is 30.5 Å². The molecule has 0 unspecified atom stereocenters. The molecule has 0 saturated heterocycles. The van der Waals surface area contributed by atoms with Crippen molar-refractivity contribution < 1.29 is 9.90 Å². The molecule has 6 N–H and O–H groups in total. The average Bonchev–Trinajstić information content (AvgIpc) is 2.92. The standard InChI is InChI=1S/C15H16ClN7O2/c1-2-23-9-5-7(24)3-4-8(9)20-10(23)6-19-15(25)11-13(17)22-14(18)12(16)21-11/h3-5,24H,2,6H2,1H3,(H,19,25)(H4,17,18,22). The van der Waals surface area contributed by atoms with Crippen LogP contribution in [0.5, 0.6) is 5.75 Å². The number of nitrogens with two attached hydrogens (primary N) is 2. The van der Waals surface area contributed by atoms with Gasteiger partial charge in [-0.1, -0.05) is 11.6 Å². The summed E-state index contributed by atoms with van der Waals surface area (Å²) >= 11 is 5.79. The molecule has 0 aliphatic carbocycles. The molecule has 0 aliphatic heterocycles. The number of hydrogen-bond acceptors (Lipinski definition) is 7. The van der Waals surface area contributed by atoms with E-state index >= 15 is 0 Å². The molecule has 0 atom stereocenters. The fraction of sp³-hybridized carbons (Fsp3) is 0.200. The highest BCUT2D eigenvalue weighted by molar-refractivity contribution is 6.31. The van der Waals surface area contributed by atoms with E-state index in [-0.39, 0.29) is 34.8 Å². The Balaban J connectivity index is 1.85. The van der Waals surface area contributed by atoms with Gasteiger partial charge in [-0.25, -0.2) is 15.0 Å². The lowest BCUT2D eigenvalue weighted by Gasteiger charge is -2.09. The van der Waals surface area contributed by atoms with E-state index in [1.807, 2.05) is 11.5 Å². The maximum absolute atomic E-state index is 12.3. The number of aromatic hydroxyl groups is 1. The van der Waals surface area contributed by atoms with Crippen LogP contribution in [0, 0.1) is 0 Å². The number of anilines is 2. The Hall–Kier alpha value is -3.07. The number of benzene rings is 1. The third-order valence-corrected chi connectivity index (χ3v) is 3.93. The van der Waals surface area contributed by atoms with Gasteiger partial charge in [0, 0.05) is 12.6 Å². The maximum Gasteiger partial charge on any atom is 0.274 e. The van der Waals surface area contributed by atoms with Crippen LogP contribution >= 0.6 is 11.6 Å². The second kappa shape index (κ2) is 6.44. The van der Waals surface area contributed by atoms with Crippen molar-refractivity contribution in [1.82, 2.24) is 24.8 Å². The summed E-state index contributed by atoms with van der Waals surface area (Å²) < 4.78 is 1.89. The monoisotopic (exact) mass is 361 g/mol. The van der Waals surface area contributed by atoms with Gasteiger partial charge >= 0.3 is 0 Å². The molecule has 2 aromatic heterocycles. The predicted octanol–water partition coefficient (Wildman–Crippen LogP) is 1.30. The van der Waals surface area contributed by atoms with Gasteiger partial charge in [0.2, 0.25) is 0 Å². The van der Waals surface area contributed by atoms with E-state index in [0.29, 0.717) is 12.4 Å². The van der Waals surface area contributed by atoms with E-state index in [9.17, 15) is 9.90 Å². The number of nitrogen functional groups attached to an aromatic ring is 2. The summed E-state index contributed by atoms with van der Waals surface area (Å²) in [7, 11) is 0. The number of fused-ring (bicyclic) bond motifs is 1. The summed E-state index contributed by atoms with van der Waals surface area (Å²) in [5, 5.41) is 12.2. The maximum atomic E-state index is 12.3. The van der Waals surface area contributed by atoms with E-state index in [2.05, 4.69) is 20.3 Å². The quantitative estimate of drug-likeness (QED) is 0.547. The Labute approximate surface area is 147 Å². The van der Waals surface area contributed by atoms with Gasteiger partial charge in [0.05, 0.1) is 17.6 Å². The Bertz CT molecular complexity index is 970. The smallest absolute Gasteiger partial charge is 0.274 e. The summed E-state index contributed by atoms with van der Waals surface area (Å²) in [5.41, 5.74) is 12.6. The van der Waals surface area contributed by atoms with Gasteiger partial charge in [0.1, 0.15) is 11.6 Å². The second-order valence-corrected chi connectivity index (χ2v) is 5.62. The fourth-order valence-corrected chi connectivity index (χ4v) is 2.63. The van der Waals surface area contributed by atoms with Crippen LogP contribution in [0.15, 0.2) is 18.2 Å². The number of aryl methyl sites for hydroxylation is 1. The Kier molecular flexibility index (Phi) is 4.32. The number of phenols is 1. The molecule has 0 aliphatic rings. The van der Waals surface area contributed by atoms with E-state index in [1.165, 1.54) is 0 Å². The summed E-state index contributed by atoms with van der Waals surface area (Å²) in [6.07, 6.45) is 0. The van der Waals surface area contributed by atoms with E-state index in [4.69, 9.17) is 23.1 Å². The van der Waals surface area contributed by atoms with Gasteiger partial charge in [0.15, 0.2) is 22.5 Å². The van der Waals surface area contributed by atoms with Gasteiger partial charge in [-0.3, -0.25) is 4.79 Å². The first-order valence-corrected chi connectivity index (χ1v) is 7.83. The number of halogens is 1. The number of nitrogens with one attached hydrogen (secondary N) is 1. The lowest BCUT2D eigenvalue weighted by molar-refractivity contribution is 0.0945. The average molecular weight is 362 g/mol. The van der Waals surface area contributed by atoms with Crippen molar-refractivity contribution in [2.45, 2.75) is 20.0 Å². The minimum atomic E-state index is -0.538. The molecule has 3 rings (SSSR count). The van der Waals surface area contributed by atoms with Crippen molar-refractivity contribution in [3.63, 3.8) is 0 Å². The molecule has 2 heterocycles. The molecule has 9 nitrogen and oxygen atoms in total. The highest BCUT2D eigenvalue weighted by Crippen LogP contribution is 2.21. The van der Waals surface area contributed by atoms with Crippen LogP contribution in [0.3, 0.4) is 0 Å². The highest BCUT2D eigenvalue weighted by Gasteiger charge is 2.17. The van der Waals surface area contributed by atoms with Crippen LogP contribution in [-0.2, 0) is 13.1 Å². The van der Waals surface area contributed by atoms with Gasteiger partial charge in [0.25, 0.3) is 5.91 Å². The lowest BCUT2D eigenvalue weighted by atomic mass is 10.3. The minimum absolute atomic E-state index is 0.0386. The molecule has 1 amide bonds. The molecule has 0 bridgehead atoms. The summed E-state index contributed by atoms with van der Waals surface area (Å²) in [5.74, 6) is 0.0999. The normalized spacial score (nSPS) is 11.0. The van der Waals surface area contributed by atoms with Crippen molar-refractivity contribution >= 4 is 40.2 Å². The molecule has 0 saturated carbocycles. The second-order valence-electron chi connectivity index (χ2n) is 5.26. The van der Waals surface area contributed by atoms with Crippen LogP contribution in [0.1, 0.15) is 23.2 Å². The zero-order chi connectivity index (χ0) is 18.1. The SMILES string of the molecule is CCn1c(CNC(=O)c2nc(Cl)c(N)nc2N)nc2ccc(O)cc21. The predicted molar refractivity (Wildman–Crippen MR) is 94.1 cm³/mol. The van der Waals surface area contributed by atoms with Crippen LogP contribution in [0.2, 0.25) is 5.15 Å². The number of carbonyl (C=O) groups excluding carboxylic acids is 1. The fourth-order valence-electron chi connectivity index (χ4n) is 2.50. The minimum Gasteiger partial charge on any atom is -0.508 e. The Morgan fingerprint density at radius 2 is 2.04 bits per heavy atom. The number of carbonyl (C=O) groups is 1. The van der Waals surface area contributed by atoms with E-state index < -0.39 is 5.91 Å². The van der Waals surface area contributed by atoms with Gasteiger partial charge in [-0.2, -0.15) is 0 Å². The van der Waals surface area contributed by atoms with Crippen LogP contribution < -0.4 is 16.8 Å². The van der Waals surface area contributed by atoms with Gasteiger partial charge < -0.3 is 26.5 Å². The lowest BCUT2D eigenvalue weighted by Crippen LogP contribution is -2.27. The number of hydrogen-bond donors (Lipinski definition) is 4. The van der Waals surface area contributed by atoms with E-state index in [0.717, 1.165) is 11.0 Å². The number of aromatic nitrogens is 4. The van der Waals surface area contributed by atoms with E-state index in [1.54, 1.807) is 18.2 Å². The Morgan fingerprint density at radius 1 is 1.28 bits per heavy atom. The first-order valence-electron chi connectivity index (χ1n) is 7.45. The summed E-state index contributed by atoms with van der Waals surface area (Å²) in [4.78, 5) is 24.4. The number of nitrogens with zero attached hydrogens (tertiary/aromatic N) is 4. The zero-order valence-corrected chi connectivity index (χ0v) is 14.1. The number of imidazole rings is 1. The molecular formula is C15H16ClN7O2. The molecule has 25 heavy (non-hydrogen) atoms. The first kappa shape index (κ1) is 16.8. The zero-order valence-electron chi connectivity index (χ0n) is 13.3. The third kappa shape index (κ3) is 3.13. The van der Waals surface area contributed by atoms with Crippen molar-refractivity contribution in [2.24, 2.45) is 0 Å². The van der Waals surface area contributed by atoms with Crippen LogP contribution in [0.4, 0.5) is 11.6 Å². The number of phenolic OH excluding ortho intramolecular Hbond substituents is 1. The van der Waals surface area contributed by atoms with Crippen molar-refractivity contribution in [3.8, 4) is 5.75 Å². The summed E-state index contributed by atoms with van der Waals surface area (Å²) in [6, 6.07) is 4.90. The molecule has 3 aromatic rings. The Morgan fingerprint density at radius 3 is 2.76 bits per heavy atom. The van der Waals surface area contributed by atoms with Crippen molar-refractivity contribution in [3.05, 3.63) is 34.9 Å². The molecule has 0 radical (unpaired) electrons. The van der Waals surface area contributed by atoms with Gasteiger partial charge in [-0.05, 0) is 19.1 Å². The largest absolute Gasteiger partial charge is 0.508 e. The molecule has 1 aromatic carbocycles. The molecule has 0 fully saturated rings. The molecule has 130 valence electrons. The molecule has 10 heteroatoms. The number of amides is 1. The molecular weight excluding hydrogens is 346 g/mol. The topological polar surface area (TPSA) is 145 Å². The third-order valence-electron chi connectivity index (χ3n) is 3.65.